The number of nitrogens with one attached hydrogen (secondary N) is 1. The summed E-state index contributed by atoms with van der Waals surface area (Å²) in [5, 5.41) is 0. The first-order valence-electron chi connectivity index (χ1n) is 8.20. The van der Waals surface area contributed by atoms with Crippen LogP contribution in [0.5, 0.6) is 0 Å². The highest BCUT2D eigenvalue weighted by Gasteiger charge is 2.40. The van der Waals surface area contributed by atoms with Crippen molar-refractivity contribution in [2.75, 3.05) is 19.8 Å². The molecular weight excluding hydrogens is 320 g/mol. The lowest BCUT2D eigenvalue weighted by Gasteiger charge is -2.38. The van der Waals surface area contributed by atoms with E-state index in [0.29, 0.717) is 24.7 Å². The predicted octanol–water partition coefficient (Wildman–Crippen LogP) is 1.80. The summed E-state index contributed by atoms with van der Waals surface area (Å²) in [4.78, 5) is 33.0. The topological polar surface area (TPSA) is 75.3 Å². The number of H-pyrrole nitrogens is 1. The van der Waals surface area contributed by atoms with Gasteiger partial charge in [0.05, 0.1) is 24.9 Å². The van der Waals surface area contributed by atoms with E-state index in [9.17, 15) is 18.4 Å². The van der Waals surface area contributed by atoms with Crippen molar-refractivity contribution in [3.8, 4) is 0 Å². The number of aromatic nitrogens is 2. The molecule has 2 heterocycles. The van der Waals surface area contributed by atoms with E-state index in [1.165, 1.54) is 6.07 Å². The second kappa shape index (κ2) is 6.58. The van der Waals surface area contributed by atoms with Crippen LogP contribution in [-0.2, 0) is 9.53 Å². The second-order valence-electron chi connectivity index (χ2n) is 6.51. The van der Waals surface area contributed by atoms with E-state index in [0.717, 1.165) is 0 Å². The zero-order valence-corrected chi connectivity index (χ0v) is 13.6. The third-order valence-corrected chi connectivity index (χ3v) is 4.70. The lowest BCUT2D eigenvalue weighted by Crippen LogP contribution is -2.47. The fourth-order valence-corrected chi connectivity index (χ4v) is 3.41. The van der Waals surface area contributed by atoms with Gasteiger partial charge in [0.15, 0.2) is 0 Å². The molecule has 2 aliphatic rings. The van der Waals surface area contributed by atoms with E-state index in [1.54, 1.807) is 11.8 Å². The van der Waals surface area contributed by atoms with Gasteiger partial charge in [-0.05, 0) is 19.8 Å². The normalized spacial score (nSPS) is 24.8. The predicted molar refractivity (Wildman–Crippen MR) is 81.8 cm³/mol. The Bertz CT molecular complexity index is 667. The minimum atomic E-state index is -2.66. The molecule has 1 aromatic rings. The van der Waals surface area contributed by atoms with Gasteiger partial charge in [0, 0.05) is 31.4 Å². The standard InChI is InChI=1S/C16H21F2N3O3/c1-10-19-12(8-14(22)20-10)13-9-24-7-6-21(13)15(23)11-2-4-16(17,18)5-3-11/h8,11,13H,2-7,9H2,1H3,(H,19,20,22). The second-order valence-corrected chi connectivity index (χ2v) is 6.51. The molecule has 1 atom stereocenters. The van der Waals surface area contributed by atoms with E-state index in [-0.39, 0.29) is 43.8 Å². The maximum atomic E-state index is 13.3. The van der Waals surface area contributed by atoms with Gasteiger partial charge in [-0.15, -0.1) is 0 Å². The van der Waals surface area contributed by atoms with Crippen molar-refractivity contribution in [2.45, 2.75) is 44.6 Å². The molecule has 132 valence electrons. The van der Waals surface area contributed by atoms with Crippen LogP contribution in [0.15, 0.2) is 10.9 Å². The molecule has 0 spiro atoms. The van der Waals surface area contributed by atoms with Crippen molar-refractivity contribution in [3.05, 3.63) is 27.9 Å². The summed E-state index contributed by atoms with van der Waals surface area (Å²) < 4.78 is 32.1. The number of aryl methyl sites for hydroxylation is 1. The number of amides is 1. The van der Waals surface area contributed by atoms with Crippen LogP contribution in [0.25, 0.3) is 0 Å². The summed E-state index contributed by atoms with van der Waals surface area (Å²) in [5.74, 6) is -2.73. The molecule has 1 aromatic heterocycles. The summed E-state index contributed by atoms with van der Waals surface area (Å²) in [6.45, 7) is 2.70. The monoisotopic (exact) mass is 341 g/mol. The Morgan fingerprint density at radius 3 is 2.79 bits per heavy atom. The maximum absolute atomic E-state index is 13.3. The molecule has 1 saturated heterocycles. The summed E-state index contributed by atoms with van der Waals surface area (Å²) >= 11 is 0. The lowest BCUT2D eigenvalue weighted by atomic mass is 9.85. The number of hydrogen-bond donors (Lipinski definition) is 1. The molecule has 0 radical (unpaired) electrons. The van der Waals surface area contributed by atoms with Gasteiger partial charge in [0.1, 0.15) is 5.82 Å². The summed E-state index contributed by atoms with van der Waals surface area (Å²) in [7, 11) is 0. The number of rotatable bonds is 2. The summed E-state index contributed by atoms with van der Waals surface area (Å²) in [6, 6.07) is 0.913. The van der Waals surface area contributed by atoms with Crippen LogP contribution >= 0.6 is 0 Å². The Labute approximate surface area is 138 Å². The fraction of sp³-hybridized carbons (Fsp3) is 0.688. The molecule has 1 aliphatic carbocycles. The molecule has 1 saturated carbocycles. The molecule has 24 heavy (non-hydrogen) atoms. The van der Waals surface area contributed by atoms with E-state index in [1.807, 2.05) is 0 Å². The van der Waals surface area contributed by atoms with Crippen molar-refractivity contribution in [3.63, 3.8) is 0 Å². The molecular formula is C16H21F2N3O3. The highest BCUT2D eigenvalue weighted by Crippen LogP contribution is 2.38. The highest BCUT2D eigenvalue weighted by molar-refractivity contribution is 5.79. The Kier molecular flexibility index (Phi) is 4.67. The third kappa shape index (κ3) is 3.63. The van der Waals surface area contributed by atoms with Gasteiger partial charge in [-0.3, -0.25) is 9.59 Å². The largest absolute Gasteiger partial charge is 0.377 e. The van der Waals surface area contributed by atoms with Crippen LogP contribution < -0.4 is 5.56 Å². The van der Waals surface area contributed by atoms with Gasteiger partial charge in [-0.25, -0.2) is 13.8 Å². The average molecular weight is 341 g/mol. The number of carbonyl (C=O) groups is 1. The van der Waals surface area contributed by atoms with E-state index in [2.05, 4.69) is 9.97 Å². The fourth-order valence-electron chi connectivity index (χ4n) is 3.41. The van der Waals surface area contributed by atoms with Crippen molar-refractivity contribution in [1.29, 1.82) is 0 Å². The molecule has 3 rings (SSSR count). The molecule has 0 bridgehead atoms. The molecule has 0 aromatic carbocycles. The molecule has 8 heteroatoms. The van der Waals surface area contributed by atoms with Crippen molar-refractivity contribution in [2.24, 2.45) is 5.92 Å². The van der Waals surface area contributed by atoms with Crippen LogP contribution in [-0.4, -0.2) is 46.5 Å². The van der Waals surface area contributed by atoms with Gasteiger partial charge in [-0.2, -0.15) is 0 Å². The summed E-state index contributed by atoms with van der Waals surface area (Å²) in [6.07, 6.45) is -0.114. The zero-order chi connectivity index (χ0) is 17.3. The highest BCUT2D eigenvalue weighted by atomic mass is 19.3. The molecule has 1 aliphatic heterocycles. The molecule has 1 amide bonds. The average Bonchev–Trinajstić information content (AvgIpc) is 2.53. The number of nitrogens with zero attached hydrogens (tertiary/aromatic N) is 2. The van der Waals surface area contributed by atoms with Crippen LogP contribution in [0.1, 0.15) is 43.2 Å². The number of ether oxygens (including phenoxy) is 1. The van der Waals surface area contributed by atoms with Crippen molar-refractivity contribution in [1.82, 2.24) is 14.9 Å². The number of alkyl halides is 2. The Morgan fingerprint density at radius 2 is 2.12 bits per heavy atom. The van der Waals surface area contributed by atoms with Gasteiger partial charge < -0.3 is 14.6 Å². The number of morpholine rings is 1. The molecule has 1 unspecified atom stereocenters. The van der Waals surface area contributed by atoms with E-state index in [4.69, 9.17) is 4.74 Å². The first kappa shape index (κ1) is 17.0. The van der Waals surface area contributed by atoms with E-state index >= 15 is 0 Å². The quantitative estimate of drug-likeness (QED) is 0.890. The number of carbonyl (C=O) groups excluding carboxylic acids is 1. The van der Waals surface area contributed by atoms with Gasteiger partial charge in [-0.1, -0.05) is 0 Å². The Balaban J connectivity index is 1.79. The SMILES string of the molecule is Cc1nc(C2COCCN2C(=O)C2CCC(F)(F)CC2)cc(=O)[nH]1. The number of aromatic amines is 1. The third-order valence-electron chi connectivity index (χ3n) is 4.70. The zero-order valence-electron chi connectivity index (χ0n) is 13.6. The van der Waals surface area contributed by atoms with E-state index < -0.39 is 17.9 Å². The minimum Gasteiger partial charge on any atom is -0.377 e. The van der Waals surface area contributed by atoms with Crippen LogP contribution in [0.2, 0.25) is 0 Å². The van der Waals surface area contributed by atoms with Gasteiger partial charge >= 0.3 is 0 Å². The Morgan fingerprint density at radius 1 is 1.42 bits per heavy atom. The Hall–Kier alpha value is -1.83. The van der Waals surface area contributed by atoms with Gasteiger partial charge in [0.2, 0.25) is 11.8 Å². The van der Waals surface area contributed by atoms with Crippen LogP contribution in [0.4, 0.5) is 8.78 Å². The first-order valence-corrected chi connectivity index (χ1v) is 8.20. The summed E-state index contributed by atoms with van der Waals surface area (Å²) in [5.41, 5.74) is 0.193. The van der Waals surface area contributed by atoms with Gasteiger partial charge in [0.25, 0.3) is 5.56 Å². The first-order chi connectivity index (χ1) is 11.4. The smallest absolute Gasteiger partial charge is 0.251 e. The number of hydrogen-bond acceptors (Lipinski definition) is 4. The van der Waals surface area contributed by atoms with Crippen molar-refractivity contribution >= 4 is 5.91 Å². The lowest BCUT2D eigenvalue weighted by molar-refractivity contribution is -0.148. The number of halogens is 2. The molecule has 6 nitrogen and oxygen atoms in total. The minimum absolute atomic E-state index is 0.140. The van der Waals surface area contributed by atoms with Crippen LogP contribution in [0.3, 0.4) is 0 Å². The van der Waals surface area contributed by atoms with Crippen LogP contribution in [0, 0.1) is 12.8 Å². The van der Waals surface area contributed by atoms with Crippen molar-refractivity contribution < 1.29 is 18.3 Å². The molecule has 1 N–H and O–H groups in total. The molecule has 2 fully saturated rings. The maximum Gasteiger partial charge on any atom is 0.251 e.